The molecule has 2 rings (SSSR count). The predicted molar refractivity (Wildman–Crippen MR) is 92.0 cm³/mol. The van der Waals surface area contributed by atoms with E-state index in [9.17, 15) is 0 Å². The summed E-state index contributed by atoms with van der Waals surface area (Å²) in [5.74, 6) is 0. The van der Waals surface area contributed by atoms with Crippen LogP contribution in [0.15, 0.2) is 36.4 Å². The van der Waals surface area contributed by atoms with Crippen molar-refractivity contribution < 1.29 is 0 Å². The second-order valence-electron chi connectivity index (χ2n) is 3.69. The smallest absolute Gasteiger partial charge is 0.0716 e. The van der Waals surface area contributed by atoms with Crippen molar-refractivity contribution in [3.63, 3.8) is 0 Å². The minimum absolute atomic E-state index is 0.648. The Morgan fingerprint density at radius 3 is 1.00 bits per heavy atom. The number of rotatable bonds is 2. The van der Waals surface area contributed by atoms with Crippen molar-refractivity contribution in [2.75, 3.05) is 24.7 Å². The lowest BCUT2D eigenvalue weighted by molar-refractivity contribution is 1.51. The zero-order chi connectivity index (χ0) is 15.1. The number of hydrogen-bond acceptors (Lipinski definition) is 2. The molecular formula is C14H14Cl4N2. The minimum atomic E-state index is 0.648. The van der Waals surface area contributed by atoms with E-state index >= 15 is 0 Å². The molecule has 0 atom stereocenters. The van der Waals surface area contributed by atoms with Crippen LogP contribution in [0.3, 0.4) is 0 Å². The maximum Gasteiger partial charge on any atom is 0.0716 e. The monoisotopic (exact) mass is 350 g/mol. The number of anilines is 2. The minimum Gasteiger partial charge on any atom is -0.386 e. The van der Waals surface area contributed by atoms with Crippen LogP contribution in [-0.4, -0.2) is 14.1 Å². The molecule has 2 aromatic carbocycles. The van der Waals surface area contributed by atoms with E-state index in [1.807, 2.05) is 12.1 Å². The van der Waals surface area contributed by atoms with Crippen molar-refractivity contribution in [3.8, 4) is 0 Å². The first kappa shape index (κ1) is 17.3. The summed E-state index contributed by atoms with van der Waals surface area (Å²) in [4.78, 5) is 0. The van der Waals surface area contributed by atoms with Gasteiger partial charge in [-0.25, -0.2) is 0 Å². The summed E-state index contributed by atoms with van der Waals surface area (Å²) < 4.78 is 0. The van der Waals surface area contributed by atoms with Crippen molar-refractivity contribution in [2.24, 2.45) is 0 Å². The summed E-state index contributed by atoms with van der Waals surface area (Å²) in [7, 11) is 3.57. The molecule has 0 unspecified atom stereocenters. The molecule has 0 spiro atoms. The topological polar surface area (TPSA) is 24.1 Å². The van der Waals surface area contributed by atoms with Gasteiger partial charge in [-0.3, -0.25) is 0 Å². The molecule has 0 aliphatic heterocycles. The highest BCUT2D eigenvalue weighted by Crippen LogP contribution is 2.29. The summed E-state index contributed by atoms with van der Waals surface area (Å²) in [6.45, 7) is 0. The zero-order valence-electron chi connectivity index (χ0n) is 11.0. The standard InChI is InChI=1S/2C7H7Cl2N/c2*1-10-7-5(8)3-2-4-6(7)9/h2*2-4,10H,1H3. The van der Waals surface area contributed by atoms with Gasteiger partial charge in [0.05, 0.1) is 31.5 Å². The molecule has 0 fully saturated rings. The molecule has 0 aromatic heterocycles. The first-order valence-corrected chi connectivity index (χ1v) is 7.26. The van der Waals surface area contributed by atoms with Crippen molar-refractivity contribution >= 4 is 57.8 Å². The number of para-hydroxylation sites is 2. The quantitative estimate of drug-likeness (QED) is 0.686. The number of nitrogens with one attached hydrogen (secondary N) is 2. The Balaban J connectivity index is 0.000000200. The molecule has 0 saturated heterocycles. The third-order valence-electron chi connectivity index (χ3n) is 2.43. The highest BCUT2D eigenvalue weighted by Gasteiger charge is 2.01. The summed E-state index contributed by atoms with van der Waals surface area (Å²) >= 11 is 23.1. The number of hydrogen-bond donors (Lipinski definition) is 2. The molecule has 2 nitrogen and oxygen atoms in total. The lowest BCUT2D eigenvalue weighted by Gasteiger charge is -2.03. The van der Waals surface area contributed by atoms with E-state index < -0.39 is 0 Å². The van der Waals surface area contributed by atoms with E-state index in [-0.39, 0.29) is 0 Å². The maximum atomic E-state index is 5.78. The fourth-order valence-corrected chi connectivity index (χ4v) is 2.65. The van der Waals surface area contributed by atoms with Crippen molar-refractivity contribution in [1.29, 1.82) is 0 Å². The molecule has 0 heterocycles. The van der Waals surface area contributed by atoms with Gasteiger partial charge in [0, 0.05) is 14.1 Å². The molecule has 0 radical (unpaired) electrons. The van der Waals surface area contributed by atoms with Crippen LogP contribution < -0.4 is 10.6 Å². The Kier molecular flexibility index (Phi) is 7.31. The first-order chi connectivity index (χ1) is 9.51. The van der Waals surface area contributed by atoms with Crippen molar-refractivity contribution in [3.05, 3.63) is 56.5 Å². The van der Waals surface area contributed by atoms with Gasteiger partial charge in [-0.2, -0.15) is 0 Å². The fraction of sp³-hybridized carbons (Fsp3) is 0.143. The summed E-state index contributed by atoms with van der Waals surface area (Å²) in [6.07, 6.45) is 0. The molecule has 2 aromatic rings. The van der Waals surface area contributed by atoms with E-state index in [1.54, 1.807) is 38.4 Å². The lowest BCUT2D eigenvalue weighted by Crippen LogP contribution is -1.89. The van der Waals surface area contributed by atoms with Gasteiger partial charge >= 0.3 is 0 Å². The third kappa shape index (κ3) is 4.64. The third-order valence-corrected chi connectivity index (χ3v) is 3.69. The van der Waals surface area contributed by atoms with Gasteiger partial charge in [0.15, 0.2) is 0 Å². The number of halogens is 4. The molecular weight excluding hydrogens is 338 g/mol. The first-order valence-electron chi connectivity index (χ1n) is 5.74. The van der Waals surface area contributed by atoms with Crippen LogP contribution >= 0.6 is 46.4 Å². The van der Waals surface area contributed by atoms with Gasteiger partial charge in [0.2, 0.25) is 0 Å². The average Bonchev–Trinajstić information content (AvgIpc) is 2.40. The molecule has 2 N–H and O–H groups in total. The van der Waals surface area contributed by atoms with Crippen LogP contribution in [0.2, 0.25) is 20.1 Å². The highest BCUT2D eigenvalue weighted by atomic mass is 35.5. The van der Waals surface area contributed by atoms with Gasteiger partial charge in [-0.1, -0.05) is 58.5 Å². The largest absolute Gasteiger partial charge is 0.386 e. The van der Waals surface area contributed by atoms with E-state index in [2.05, 4.69) is 10.6 Å². The average molecular weight is 352 g/mol. The molecule has 20 heavy (non-hydrogen) atoms. The fourth-order valence-electron chi connectivity index (χ4n) is 1.47. The summed E-state index contributed by atoms with van der Waals surface area (Å²) in [6, 6.07) is 10.8. The van der Waals surface area contributed by atoms with Crippen LogP contribution in [-0.2, 0) is 0 Å². The molecule has 6 heteroatoms. The maximum absolute atomic E-state index is 5.78. The predicted octanol–water partition coefficient (Wildman–Crippen LogP) is 6.07. The Hall–Kier alpha value is -0.800. The van der Waals surface area contributed by atoms with Crippen LogP contribution in [0.5, 0.6) is 0 Å². The van der Waals surface area contributed by atoms with E-state index in [0.29, 0.717) is 20.1 Å². The molecule has 108 valence electrons. The Labute approximate surface area is 139 Å². The van der Waals surface area contributed by atoms with Crippen molar-refractivity contribution in [2.45, 2.75) is 0 Å². The van der Waals surface area contributed by atoms with Gasteiger partial charge in [0.1, 0.15) is 0 Å². The molecule has 0 bridgehead atoms. The SMILES string of the molecule is CNc1c(Cl)cccc1Cl.CNc1c(Cl)cccc1Cl. The van der Waals surface area contributed by atoms with Crippen molar-refractivity contribution in [1.82, 2.24) is 0 Å². The lowest BCUT2D eigenvalue weighted by atomic mass is 10.3. The molecule has 0 aliphatic carbocycles. The second kappa shape index (κ2) is 8.48. The highest BCUT2D eigenvalue weighted by molar-refractivity contribution is 6.39. The van der Waals surface area contributed by atoms with Crippen LogP contribution in [0.1, 0.15) is 0 Å². The normalized spacial score (nSPS) is 9.50. The zero-order valence-corrected chi connectivity index (χ0v) is 14.0. The Bertz CT molecular complexity index is 481. The van der Waals surface area contributed by atoms with Gasteiger partial charge in [-0.05, 0) is 24.3 Å². The van der Waals surface area contributed by atoms with Crippen LogP contribution in [0, 0.1) is 0 Å². The van der Waals surface area contributed by atoms with E-state index in [4.69, 9.17) is 46.4 Å². The Morgan fingerprint density at radius 2 is 0.850 bits per heavy atom. The molecule has 0 amide bonds. The van der Waals surface area contributed by atoms with Gasteiger partial charge < -0.3 is 10.6 Å². The van der Waals surface area contributed by atoms with E-state index in [1.165, 1.54) is 0 Å². The Morgan fingerprint density at radius 1 is 0.600 bits per heavy atom. The number of benzene rings is 2. The van der Waals surface area contributed by atoms with E-state index in [0.717, 1.165) is 11.4 Å². The molecule has 0 saturated carbocycles. The molecule has 0 aliphatic rings. The van der Waals surface area contributed by atoms with Crippen LogP contribution in [0.25, 0.3) is 0 Å². The summed E-state index contributed by atoms with van der Waals surface area (Å²) in [5, 5.41) is 8.39. The second-order valence-corrected chi connectivity index (χ2v) is 5.32. The van der Waals surface area contributed by atoms with Gasteiger partial charge in [-0.15, -0.1) is 0 Å². The summed E-state index contributed by atoms with van der Waals surface area (Å²) in [5.41, 5.74) is 1.57. The van der Waals surface area contributed by atoms with Crippen LogP contribution in [0.4, 0.5) is 11.4 Å². The van der Waals surface area contributed by atoms with Gasteiger partial charge in [0.25, 0.3) is 0 Å².